The molecular weight excluding hydrogens is 435 g/mol. The van der Waals surface area contributed by atoms with Crippen LogP contribution >= 0.6 is 11.3 Å². The first-order chi connectivity index (χ1) is 15.5. The largest absolute Gasteiger partial charge is 0.493 e. The third-order valence-electron chi connectivity index (χ3n) is 5.49. The average molecular weight is 456 g/mol. The number of rotatable bonds is 7. The van der Waals surface area contributed by atoms with Crippen molar-refractivity contribution in [1.29, 1.82) is 0 Å². The molecule has 1 aliphatic heterocycles. The van der Waals surface area contributed by atoms with E-state index in [0.717, 1.165) is 12.8 Å². The molecule has 1 N–H and O–H groups in total. The van der Waals surface area contributed by atoms with Gasteiger partial charge in [-0.2, -0.15) is 0 Å². The second-order valence-corrected chi connectivity index (χ2v) is 8.72. The Bertz CT molecular complexity index is 1150. The fourth-order valence-electron chi connectivity index (χ4n) is 3.49. The smallest absolute Gasteiger partial charge is 0.276 e. The van der Waals surface area contributed by atoms with Crippen LogP contribution in [-0.2, 0) is 0 Å². The molecule has 2 heterocycles. The van der Waals surface area contributed by atoms with Gasteiger partial charge in [0.25, 0.3) is 5.91 Å². The number of aliphatic hydroxyl groups is 1. The van der Waals surface area contributed by atoms with Crippen molar-refractivity contribution in [2.45, 2.75) is 18.9 Å². The zero-order valence-corrected chi connectivity index (χ0v) is 18.1. The number of hydrogen-bond donors (Lipinski definition) is 1. The van der Waals surface area contributed by atoms with Gasteiger partial charge in [-0.05, 0) is 55.2 Å². The summed E-state index contributed by atoms with van der Waals surface area (Å²) in [5, 5.41) is 10.6. The number of methoxy groups -OCH3 is 1. The van der Waals surface area contributed by atoms with Gasteiger partial charge in [0.1, 0.15) is 17.4 Å². The molecule has 1 aromatic heterocycles. The van der Waals surface area contributed by atoms with Gasteiger partial charge in [0.05, 0.1) is 18.9 Å². The van der Waals surface area contributed by atoms with E-state index in [1.54, 1.807) is 30.3 Å². The van der Waals surface area contributed by atoms with Crippen molar-refractivity contribution < 1.29 is 28.5 Å². The maximum atomic E-state index is 13.2. The lowest BCUT2D eigenvalue weighted by Crippen LogP contribution is -2.38. The summed E-state index contributed by atoms with van der Waals surface area (Å²) in [5.74, 6) is 0.973. The predicted molar refractivity (Wildman–Crippen MR) is 117 cm³/mol. The fourth-order valence-corrected chi connectivity index (χ4v) is 4.45. The van der Waals surface area contributed by atoms with Crippen molar-refractivity contribution in [3.05, 3.63) is 53.2 Å². The van der Waals surface area contributed by atoms with Gasteiger partial charge in [0.15, 0.2) is 23.1 Å². The van der Waals surface area contributed by atoms with Crippen LogP contribution in [0.2, 0.25) is 0 Å². The van der Waals surface area contributed by atoms with Crippen molar-refractivity contribution in [1.82, 2.24) is 4.98 Å². The molecule has 9 heteroatoms. The molecule has 0 radical (unpaired) electrons. The van der Waals surface area contributed by atoms with Crippen LogP contribution < -0.4 is 19.1 Å². The molecule has 0 unspecified atom stereocenters. The lowest BCUT2D eigenvalue weighted by atomic mass is 10.2. The minimum absolute atomic E-state index is 0.00216. The van der Waals surface area contributed by atoms with E-state index in [0.29, 0.717) is 38.6 Å². The number of aromatic nitrogens is 1. The highest BCUT2D eigenvalue weighted by molar-refractivity contribution is 7.17. The highest BCUT2D eigenvalue weighted by Crippen LogP contribution is 2.39. The van der Waals surface area contributed by atoms with Crippen molar-refractivity contribution in [2.24, 2.45) is 5.92 Å². The Balaban J connectivity index is 1.35. The summed E-state index contributed by atoms with van der Waals surface area (Å²) in [6.07, 6.45) is 1.57. The summed E-state index contributed by atoms with van der Waals surface area (Å²) in [6.45, 7) is 0.199. The van der Waals surface area contributed by atoms with Crippen molar-refractivity contribution >= 4 is 22.9 Å². The van der Waals surface area contributed by atoms with Gasteiger partial charge in [0.2, 0.25) is 5.88 Å². The predicted octanol–water partition coefficient (Wildman–Crippen LogP) is 4.10. The number of benzene rings is 2. The number of anilines is 1. The Kier molecular flexibility index (Phi) is 5.44. The molecule has 2 aliphatic rings. The lowest BCUT2D eigenvalue weighted by molar-refractivity contribution is 0.0880. The highest BCUT2D eigenvalue weighted by Gasteiger charge is 2.32. The highest BCUT2D eigenvalue weighted by atomic mass is 32.1. The lowest BCUT2D eigenvalue weighted by Gasteiger charge is -2.26. The van der Waals surface area contributed by atoms with E-state index in [9.17, 15) is 14.3 Å². The standard InChI is InChI=1S/C23H21FN2O5S/c1-29-19-10-16(8-9-18(19)30-11-17(27)13-2-3-13)26-12-31-21-20(23(26)28)32-22(25-21)14-4-6-15(24)7-5-14/h4-10,13,17,27H,2-3,11-12H2,1H3/t17-/m0/s1. The number of aliphatic hydroxyl groups excluding tert-OH is 1. The first-order valence-electron chi connectivity index (χ1n) is 10.2. The molecule has 2 aromatic carbocycles. The third-order valence-corrected chi connectivity index (χ3v) is 6.57. The molecule has 0 spiro atoms. The first kappa shape index (κ1) is 20.7. The third kappa shape index (κ3) is 4.01. The van der Waals surface area contributed by atoms with E-state index >= 15 is 0 Å². The van der Waals surface area contributed by atoms with Crippen LogP contribution in [0.25, 0.3) is 10.6 Å². The van der Waals surface area contributed by atoms with Gasteiger partial charge in [0, 0.05) is 11.6 Å². The van der Waals surface area contributed by atoms with Crippen LogP contribution in [0.4, 0.5) is 10.1 Å². The molecule has 166 valence electrons. The van der Waals surface area contributed by atoms with Crippen molar-refractivity contribution in [2.75, 3.05) is 25.3 Å². The normalized spacial score (nSPS) is 16.3. The van der Waals surface area contributed by atoms with Gasteiger partial charge in [-0.15, -0.1) is 11.3 Å². The zero-order valence-electron chi connectivity index (χ0n) is 17.3. The maximum absolute atomic E-state index is 13.2. The van der Waals surface area contributed by atoms with Gasteiger partial charge < -0.3 is 19.3 Å². The molecule has 5 rings (SSSR count). The Morgan fingerprint density at radius 3 is 2.75 bits per heavy atom. The number of nitrogens with zero attached hydrogens (tertiary/aromatic N) is 2. The molecular formula is C23H21FN2O5S. The number of thiazole rings is 1. The molecule has 1 saturated carbocycles. The van der Waals surface area contributed by atoms with Crippen LogP contribution in [-0.4, -0.2) is 42.5 Å². The summed E-state index contributed by atoms with van der Waals surface area (Å²) in [6, 6.07) is 11.1. The molecule has 1 fully saturated rings. The van der Waals surface area contributed by atoms with Gasteiger partial charge >= 0.3 is 0 Å². The molecule has 0 saturated heterocycles. The van der Waals surface area contributed by atoms with E-state index in [1.807, 2.05) is 0 Å². The minimum Gasteiger partial charge on any atom is -0.493 e. The second kappa shape index (κ2) is 8.40. The number of halogens is 1. The van der Waals surface area contributed by atoms with E-state index in [-0.39, 0.29) is 30.9 Å². The maximum Gasteiger partial charge on any atom is 0.276 e. The number of ether oxygens (including phenoxy) is 3. The van der Waals surface area contributed by atoms with Gasteiger partial charge in [-0.3, -0.25) is 9.69 Å². The molecule has 3 aromatic rings. The Morgan fingerprint density at radius 1 is 1.25 bits per heavy atom. The van der Waals surface area contributed by atoms with Gasteiger partial charge in [-0.25, -0.2) is 9.37 Å². The van der Waals surface area contributed by atoms with Crippen molar-refractivity contribution in [3.63, 3.8) is 0 Å². The van der Waals surface area contributed by atoms with Gasteiger partial charge in [-0.1, -0.05) is 0 Å². The fraction of sp³-hybridized carbons (Fsp3) is 0.304. The summed E-state index contributed by atoms with van der Waals surface area (Å²) in [4.78, 5) is 19.4. The number of hydrogen-bond acceptors (Lipinski definition) is 7. The SMILES string of the molecule is COc1cc(N2COc3nc(-c4ccc(F)cc4)sc3C2=O)ccc1OC[C@H](O)C1CC1. The van der Waals surface area contributed by atoms with E-state index in [4.69, 9.17) is 14.2 Å². The van der Waals surface area contributed by atoms with Crippen LogP contribution in [0.15, 0.2) is 42.5 Å². The monoisotopic (exact) mass is 456 g/mol. The van der Waals surface area contributed by atoms with Crippen LogP contribution in [0, 0.1) is 11.7 Å². The molecule has 1 atom stereocenters. The summed E-state index contributed by atoms with van der Waals surface area (Å²) < 4.78 is 30.1. The Labute approximate surface area is 188 Å². The Morgan fingerprint density at radius 2 is 2.03 bits per heavy atom. The molecule has 1 amide bonds. The molecule has 32 heavy (non-hydrogen) atoms. The van der Waals surface area contributed by atoms with Crippen molar-refractivity contribution in [3.8, 4) is 28.0 Å². The van der Waals surface area contributed by atoms with E-state index in [1.165, 1.54) is 35.5 Å². The van der Waals surface area contributed by atoms with E-state index in [2.05, 4.69) is 4.98 Å². The molecule has 0 bridgehead atoms. The summed E-state index contributed by atoms with van der Waals surface area (Å²) >= 11 is 1.20. The van der Waals surface area contributed by atoms with Crippen LogP contribution in [0.5, 0.6) is 17.4 Å². The number of carbonyl (C=O) groups excluding carboxylic acids is 1. The summed E-state index contributed by atoms with van der Waals surface area (Å²) in [5.41, 5.74) is 1.30. The summed E-state index contributed by atoms with van der Waals surface area (Å²) in [7, 11) is 1.52. The first-order valence-corrected chi connectivity index (χ1v) is 11.1. The minimum atomic E-state index is -0.489. The topological polar surface area (TPSA) is 81.1 Å². The van der Waals surface area contributed by atoms with Crippen LogP contribution in [0.1, 0.15) is 22.5 Å². The average Bonchev–Trinajstić information content (AvgIpc) is 3.57. The zero-order chi connectivity index (χ0) is 22.2. The number of carbonyl (C=O) groups is 1. The molecule has 7 nitrogen and oxygen atoms in total. The van der Waals surface area contributed by atoms with E-state index < -0.39 is 6.10 Å². The molecule has 1 aliphatic carbocycles. The van der Waals surface area contributed by atoms with Crippen LogP contribution in [0.3, 0.4) is 0 Å². The second-order valence-electron chi connectivity index (χ2n) is 7.72. The Hall–Kier alpha value is -3.17. The quantitative estimate of drug-likeness (QED) is 0.577. The number of fused-ring (bicyclic) bond motifs is 1. The number of amides is 1.